The minimum absolute atomic E-state index is 0. The van der Waals surface area contributed by atoms with Crippen LogP contribution >= 0.6 is 24.2 Å². The van der Waals surface area contributed by atoms with Gasteiger partial charge in [0.05, 0.1) is 10.8 Å². The molecule has 1 aliphatic carbocycles. The maximum atomic E-state index is 6.23. The lowest BCUT2D eigenvalue weighted by molar-refractivity contribution is 0.229. The number of benzene rings is 1. The topological polar surface area (TPSA) is 64.9 Å². The molecule has 1 atom stereocenters. The first kappa shape index (κ1) is 13.9. The van der Waals surface area contributed by atoms with Crippen LogP contribution in [0.15, 0.2) is 33.7 Å². The van der Waals surface area contributed by atoms with Gasteiger partial charge in [0.25, 0.3) is 0 Å². The number of rotatable bonds is 2. The Bertz CT molecular complexity index is 601. The van der Waals surface area contributed by atoms with Gasteiger partial charge in [-0.05, 0) is 37.3 Å². The fraction of sp³-hybridized carbons (Fsp3) is 0.429. The van der Waals surface area contributed by atoms with E-state index in [9.17, 15) is 0 Å². The van der Waals surface area contributed by atoms with Crippen LogP contribution in [-0.2, 0) is 12.0 Å². The smallest absolute Gasteiger partial charge is 0.240 e. The molecule has 2 aromatic rings. The highest BCUT2D eigenvalue weighted by Crippen LogP contribution is 2.46. The van der Waals surface area contributed by atoms with Crippen molar-refractivity contribution in [3.63, 3.8) is 0 Å². The van der Waals surface area contributed by atoms with E-state index < -0.39 is 0 Å². The summed E-state index contributed by atoms with van der Waals surface area (Å²) in [5.74, 6) is 1.40. The van der Waals surface area contributed by atoms with Crippen molar-refractivity contribution in [2.75, 3.05) is 0 Å². The predicted molar refractivity (Wildman–Crippen MR) is 80.0 cm³/mol. The Morgan fingerprint density at radius 1 is 1.30 bits per heavy atom. The van der Waals surface area contributed by atoms with Crippen molar-refractivity contribution in [3.05, 3.63) is 41.5 Å². The molecular weight excluding hydrogens is 294 g/mol. The summed E-state index contributed by atoms with van der Waals surface area (Å²) in [7, 11) is 0. The lowest BCUT2D eigenvalue weighted by Crippen LogP contribution is -2.44. The minimum atomic E-state index is -0.335. The number of thioether (sulfide) groups is 1. The SMILES string of the molecule is Cl.NC1(c2noc(C3Cc4ccccc4S3)n2)CCC1. The van der Waals surface area contributed by atoms with E-state index in [1.807, 2.05) is 0 Å². The van der Waals surface area contributed by atoms with E-state index in [1.165, 1.54) is 10.5 Å². The molecule has 20 heavy (non-hydrogen) atoms. The second-order valence-corrected chi connectivity index (χ2v) is 6.63. The summed E-state index contributed by atoms with van der Waals surface area (Å²) in [4.78, 5) is 5.86. The predicted octanol–water partition coefficient (Wildman–Crippen LogP) is 3.22. The molecule has 2 N–H and O–H groups in total. The summed E-state index contributed by atoms with van der Waals surface area (Å²) in [5.41, 5.74) is 7.26. The van der Waals surface area contributed by atoms with Crippen LogP contribution in [0.3, 0.4) is 0 Å². The zero-order valence-electron chi connectivity index (χ0n) is 10.9. The van der Waals surface area contributed by atoms with E-state index in [2.05, 4.69) is 34.4 Å². The quantitative estimate of drug-likeness (QED) is 0.922. The molecule has 0 saturated heterocycles. The molecule has 1 fully saturated rings. The van der Waals surface area contributed by atoms with E-state index in [1.54, 1.807) is 11.8 Å². The van der Waals surface area contributed by atoms with Crippen molar-refractivity contribution < 1.29 is 4.52 Å². The number of hydrogen-bond acceptors (Lipinski definition) is 5. The summed E-state index contributed by atoms with van der Waals surface area (Å²) in [6.07, 6.45) is 4.04. The van der Waals surface area contributed by atoms with Crippen molar-refractivity contribution in [2.45, 2.75) is 41.4 Å². The molecule has 0 amide bonds. The Hall–Kier alpha value is -1.04. The van der Waals surface area contributed by atoms with Gasteiger partial charge in [-0.25, -0.2) is 0 Å². The van der Waals surface area contributed by atoms with Crippen molar-refractivity contribution in [1.29, 1.82) is 0 Å². The van der Waals surface area contributed by atoms with Gasteiger partial charge < -0.3 is 10.3 Å². The molecular formula is C14H16ClN3OS. The fourth-order valence-corrected chi connectivity index (χ4v) is 3.90. The molecule has 4 rings (SSSR count). The molecule has 1 aliphatic heterocycles. The number of hydrogen-bond donors (Lipinski definition) is 1. The van der Waals surface area contributed by atoms with Gasteiger partial charge in [-0.15, -0.1) is 24.2 Å². The van der Waals surface area contributed by atoms with Crippen LogP contribution in [0.5, 0.6) is 0 Å². The van der Waals surface area contributed by atoms with Gasteiger partial charge in [0, 0.05) is 4.90 Å². The van der Waals surface area contributed by atoms with E-state index in [-0.39, 0.29) is 23.2 Å². The number of aromatic nitrogens is 2. The van der Waals surface area contributed by atoms with Gasteiger partial charge in [-0.1, -0.05) is 23.4 Å². The standard InChI is InChI=1S/C14H15N3OS.ClH/c15-14(6-3-7-14)13-16-12(18-17-13)11-8-9-4-1-2-5-10(9)19-11;/h1-2,4-5,11H,3,6-8,15H2;1H. The Labute approximate surface area is 127 Å². The highest BCUT2D eigenvalue weighted by atomic mass is 35.5. The Morgan fingerprint density at radius 3 is 2.80 bits per heavy atom. The van der Waals surface area contributed by atoms with Crippen LogP contribution in [-0.4, -0.2) is 10.1 Å². The average Bonchev–Trinajstić information content (AvgIpc) is 3.02. The average molecular weight is 310 g/mol. The van der Waals surface area contributed by atoms with Crippen LogP contribution < -0.4 is 5.73 Å². The summed E-state index contributed by atoms with van der Waals surface area (Å²) >= 11 is 1.80. The lowest BCUT2D eigenvalue weighted by atomic mass is 9.77. The van der Waals surface area contributed by atoms with Crippen molar-refractivity contribution in [2.24, 2.45) is 5.73 Å². The molecule has 106 valence electrons. The lowest BCUT2D eigenvalue weighted by Gasteiger charge is -2.34. The van der Waals surface area contributed by atoms with Gasteiger partial charge in [-0.3, -0.25) is 0 Å². The first-order chi connectivity index (χ1) is 9.24. The number of fused-ring (bicyclic) bond motifs is 1. The third kappa shape index (κ3) is 2.14. The normalized spacial score (nSPS) is 22.8. The summed E-state index contributed by atoms with van der Waals surface area (Å²) in [5, 5.41) is 4.33. The summed E-state index contributed by atoms with van der Waals surface area (Å²) < 4.78 is 5.44. The van der Waals surface area contributed by atoms with Crippen LogP contribution in [0.1, 0.15) is 41.8 Å². The van der Waals surface area contributed by atoms with Crippen molar-refractivity contribution in [1.82, 2.24) is 10.1 Å². The van der Waals surface area contributed by atoms with Gasteiger partial charge in [-0.2, -0.15) is 4.98 Å². The van der Waals surface area contributed by atoms with E-state index in [0.717, 1.165) is 25.7 Å². The van der Waals surface area contributed by atoms with Crippen LogP contribution in [0.25, 0.3) is 0 Å². The molecule has 2 aliphatic rings. The number of nitrogens with two attached hydrogens (primary N) is 1. The third-order valence-corrected chi connectivity index (χ3v) is 5.36. The zero-order chi connectivity index (χ0) is 12.9. The molecule has 1 aromatic carbocycles. The van der Waals surface area contributed by atoms with Crippen LogP contribution in [0.2, 0.25) is 0 Å². The largest absolute Gasteiger partial charge is 0.338 e. The second-order valence-electron chi connectivity index (χ2n) is 5.38. The van der Waals surface area contributed by atoms with Gasteiger partial charge >= 0.3 is 0 Å². The van der Waals surface area contributed by atoms with Gasteiger partial charge in [0.2, 0.25) is 5.89 Å². The van der Waals surface area contributed by atoms with Crippen LogP contribution in [0, 0.1) is 0 Å². The maximum absolute atomic E-state index is 6.23. The van der Waals surface area contributed by atoms with E-state index in [4.69, 9.17) is 10.3 Å². The van der Waals surface area contributed by atoms with Crippen molar-refractivity contribution >= 4 is 24.2 Å². The Balaban J connectivity index is 0.00000121. The molecule has 1 aromatic heterocycles. The molecule has 2 heterocycles. The molecule has 1 unspecified atom stereocenters. The van der Waals surface area contributed by atoms with Crippen LogP contribution in [0.4, 0.5) is 0 Å². The van der Waals surface area contributed by atoms with Crippen molar-refractivity contribution in [3.8, 4) is 0 Å². The van der Waals surface area contributed by atoms with Gasteiger partial charge in [0.15, 0.2) is 5.82 Å². The first-order valence-electron chi connectivity index (χ1n) is 6.62. The van der Waals surface area contributed by atoms with E-state index >= 15 is 0 Å². The molecule has 0 radical (unpaired) electrons. The fourth-order valence-electron chi connectivity index (χ4n) is 2.67. The zero-order valence-corrected chi connectivity index (χ0v) is 12.5. The molecule has 0 spiro atoms. The molecule has 4 nitrogen and oxygen atoms in total. The molecule has 1 saturated carbocycles. The van der Waals surface area contributed by atoms with E-state index in [0.29, 0.717) is 11.7 Å². The Morgan fingerprint density at radius 2 is 2.10 bits per heavy atom. The third-order valence-electron chi connectivity index (χ3n) is 4.06. The highest BCUT2D eigenvalue weighted by molar-refractivity contribution is 7.99. The Kier molecular flexibility index (Phi) is 3.52. The highest BCUT2D eigenvalue weighted by Gasteiger charge is 2.40. The monoisotopic (exact) mass is 309 g/mol. The second kappa shape index (κ2) is 5.06. The first-order valence-corrected chi connectivity index (χ1v) is 7.50. The van der Waals surface area contributed by atoms with Gasteiger partial charge in [0.1, 0.15) is 0 Å². The minimum Gasteiger partial charge on any atom is -0.338 e. The molecule has 0 bridgehead atoms. The molecule has 6 heteroatoms. The summed E-state index contributed by atoms with van der Waals surface area (Å²) in [6, 6.07) is 8.45. The maximum Gasteiger partial charge on any atom is 0.240 e. The summed E-state index contributed by atoms with van der Waals surface area (Å²) in [6.45, 7) is 0. The number of halogens is 1. The number of nitrogens with zero attached hydrogens (tertiary/aromatic N) is 2.